The van der Waals surface area contributed by atoms with Gasteiger partial charge in [-0.25, -0.2) is 5.43 Å². The number of ether oxygens (including phenoxy) is 2. The maximum absolute atomic E-state index is 11.9. The van der Waals surface area contributed by atoms with E-state index in [2.05, 4.69) is 10.5 Å². The molecule has 1 aromatic heterocycles. The Kier molecular flexibility index (Phi) is 6.92. The quantitative estimate of drug-likeness (QED) is 0.399. The molecule has 0 aliphatic carbocycles. The second-order valence-electron chi connectivity index (χ2n) is 5.61. The molecule has 5 nitrogen and oxygen atoms in total. The lowest BCUT2D eigenvalue weighted by atomic mass is 10.2. The smallest absolute Gasteiger partial charge is 0.281 e. The van der Waals surface area contributed by atoms with Crippen LogP contribution >= 0.6 is 34.5 Å². The molecular weight excluding hydrogens is 419 g/mol. The highest BCUT2D eigenvalue weighted by molar-refractivity contribution is 7.12. The summed E-state index contributed by atoms with van der Waals surface area (Å²) in [6, 6.07) is 14.1. The average Bonchev–Trinajstić information content (AvgIpc) is 3.22. The van der Waals surface area contributed by atoms with Gasteiger partial charge in [0, 0.05) is 15.6 Å². The Bertz CT molecular complexity index is 991. The van der Waals surface area contributed by atoms with E-state index in [0.29, 0.717) is 26.4 Å². The molecule has 0 aliphatic rings. The Morgan fingerprint density at radius 1 is 1.18 bits per heavy atom. The largest absolute Gasteiger partial charge is 0.493 e. The van der Waals surface area contributed by atoms with Gasteiger partial charge in [-0.15, -0.1) is 11.3 Å². The normalized spacial score (nSPS) is 10.8. The highest BCUT2D eigenvalue weighted by atomic mass is 35.5. The van der Waals surface area contributed by atoms with Crippen molar-refractivity contribution in [3.05, 3.63) is 80.0 Å². The molecule has 0 atom stereocenters. The van der Waals surface area contributed by atoms with Gasteiger partial charge in [-0.05, 0) is 47.3 Å². The Labute approximate surface area is 176 Å². The van der Waals surface area contributed by atoms with Gasteiger partial charge in [0.15, 0.2) is 11.5 Å². The molecule has 0 saturated heterocycles. The van der Waals surface area contributed by atoms with Crippen molar-refractivity contribution in [2.45, 2.75) is 6.61 Å². The van der Waals surface area contributed by atoms with Crippen LogP contribution in [0.25, 0.3) is 0 Å². The van der Waals surface area contributed by atoms with Crippen LogP contribution in [0.4, 0.5) is 0 Å². The van der Waals surface area contributed by atoms with Crippen molar-refractivity contribution in [3.8, 4) is 11.5 Å². The summed E-state index contributed by atoms with van der Waals surface area (Å²) in [6.45, 7) is 0.274. The summed E-state index contributed by atoms with van der Waals surface area (Å²) in [5, 5.41) is 6.91. The molecule has 0 unspecified atom stereocenters. The third-order valence-corrected chi connectivity index (χ3v) is 5.17. The van der Waals surface area contributed by atoms with E-state index in [1.807, 2.05) is 23.6 Å². The minimum absolute atomic E-state index is 0.252. The van der Waals surface area contributed by atoms with Crippen LogP contribution in [0.1, 0.15) is 20.8 Å². The summed E-state index contributed by atoms with van der Waals surface area (Å²) < 4.78 is 11.2. The second-order valence-corrected chi connectivity index (χ2v) is 7.40. The van der Waals surface area contributed by atoms with Gasteiger partial charge in [0.25, 0.3) is 5.91 Å². The first kappa shape index (κ1) is 20.2. The lowest BCUT2D eigenvalue weighted by molar-refractivity contribution is 0.0959. The van der Waals surface area contributed by atoms with E-state index in [1.165, 1.54) is 17.6 Å². The van der Waals surface area contributed by atoms with Gasteiger partial charge in [-0.1, -0.05) is 35.3 Å². The maximum Gasteiger partial charge on any atom is 0.281 e. The molecule has 8 heteroatoms. The van der Waals surface area contributed by atoms with Crippen molar-refractivity contribution in [3.63, 3.8) is 0 Å². The van der Waals surface area contributed by atoms with E-state index >= 15 is 0 Å². The van der Waals surface area contributed by atoms with Crippen molar-refractivity contribution < 1.29 is 14.3 Å². The summed E-state index contributed by atoms with van der Waals surface area (Å²) in [6.07, 6.45) is 1.54. The summed E-state index contributed by atoms with van der Waals surface area (Å²) in [7, 11) is 1.55. The van der Waals surface area contributed by atoms with Crippen molar-refractivity contribution in [1.29, 1.82) is 0 Å². The predicted octanol–water partition coefficient (Wildman–Crippen LogP) is 5.41. The molecule has 0 aliphatic heterocycles. The number of carbonyl (C=O) groups is 1. The van der Waals surface area contributed by atoms with E-state index < -0.39 is 0 Å². The highest BCUT2D eigenvalue weighted by Gasteiger charge is 2.08. The molecule has 1 heterocycles. The number of nitrogens with one attached hydrogen (secondary N) is 1. The van der Waals surface area contributed by atoms with Crippen LogP contribution in [0, 0.1) is 0 Å². The van der Waals surface area contributed by atoms with Gasteiger partial charge >= 0.3 is 0 Å². The average molecular weight is 435 g/mol. The van der Waals surface area contributed by atoms with Crippen LogP contribution < -0.4 is 14.9 Å². The van der Waals surface area contributed by atoms with Crippen LogP contribution in [0.2, 0.25) is 10.0 Å². The number of hydrogen-bond acceptors (Lipinski definition) is 5. The molecule has 0 spiro atoms. The second kappa shape index (κ2) is 9.59. The highest BCUT2D eigenvalue weighted by Crippen LogP contribution is 2.29. The molecule has 0 saturated carbocycles. The zero-order valence-corrected chi connectivity index (χ0v) is 17.1. The number of amides is 1. The first-order chi connectivity index (χ1) is 13.6. The fourth-order valence-corrected chi connectivity index (χ4v) is 3.38. The molecule has 144 valence electrons. The Morgan fingerprint density at radius 3 is 2.75 bits per heavy atom. The fourth-order valence-electron chi connectivity index (χ4n) is 2.31. The summed E-state index contributed by atoms with van der Waals surface area (Å²) in [4.78, 5) is 12.5. The minimum atomic E-state index is -0.252. The Balaban J connectivity index is 1.64. The number of nitrogens with zero attached hydrogens (tertiary/aromatic N) is 1. The van der Waals surface area contributed by atoms with E-state index in [0.717, 1.165) is 11.1 Å². The lowest BCUT2D eigenvalue weighted by Crippen LogP contribution is -2.16. The number of halogens is 2. The van der Waals surface area contributed by atoms with E-state index in [9.17, 15) is 4.79 Å². The van der Waals surface area contributed by atoms with Crippen LogP contribution in [0.5, 0.6) is 11.5 Å². The number of carbonyl (C=O) groups excluding carboxylic acids is 1. The number of hydrogen-bond donors (Lipinski definition) is 1. The van der Waals surface area contributed by atoms with Crippen LogP contribution in [-0.2, 0) is 6.61 Å². The number of benzene rings is 2. The molecule has 1 N–H and O–H groups in total. The van der Waals surface area contributed by atoms with Gasteiger partial charge in [-0.3, -0.25) is 4.79 Å². The molecular formula is C20H16Cl2N2O3S. The lowest BCUT2D eigenvalue weighted by Gasteiger charge is -2.12. The van der Waals surface area contributed by atoms with Gasteiger partial charge in [0.1, 0.15) is 6.61 Å². The number of rotatable bonds is 7. The molecule has 3 rings (SSSR count). The first-order valence-corrected chi connectivity index (χ1v) is 9.82. The van der Waals surface area contributed by atoms with E-state index in [-0.39, 0.29) is 12.5 Å². The molecule has 1 amide bonds. The summed E-state index contributed by atoms with van der Waals surface area (Å²) >= 11 is 13.4. The minimum Gasteiger partial charge on any atom is -0.493 e. The van der Waals surface area contributed by atoms with Gasteiger partial charge < -0.3 is 9.47 Å². The monoisotopic (exact) mass is 434 g/mol. The standard InChI is InChI=1S/C20H16Cl2N2O3S/c1-26-18-9-13(11-23-24-20(25)19-3-2-8-28-19)4-7-17(18)27-12-14-5-6-15(21)10-16(14)22/h2-11H,12H2,1H3,(H,24,25)/b23-11+. The zero-order valence-electron chi connectivity index (χ0n) is 14.8. The number of methoxy groups -OCH3 is 1. The van der Waals surface area contributed by atoms with E-state index in [4.69, 9.17) is 32.7 Å². The van der Waals surface area contributed by atoms with Crippen LogP contribution in [0.15, 0.2) is 59.0 Å². The third kappa shape index (κ3) is 5.25. The van der Waals surface area contributed by atoms with Gasteiger partial charge in [0.2, 0.25) is 0 Å². The maximum atomic E-state index is 11.9. The zero-order chi connectivity index (χ0) is 19.9. The Hall–Kier alpha value is -2.54. The topological polar surface area (TPSA) is 59.9 Å². The van der Waals surface area contributed by atoms with Crippen molar-refractivity contribution in [1.82, 2.24) is 5.43 Å². The van der Waals surface area contributed by atoms with Crippen LogP contribution in [0.3, 0.4) is 0 Å². The number of thiophene rings is 1. The Morgan fingerprint density at radius 2 is 2.04 bits per heavy atom. The van der Waals surface area contributed by atoms with Crippen molar-refractivity contribution in [2.24, 2.45) is 5.10 Å². The van der Waals surface area contributed by atoms with Crippen molar-refractivity contribution in [2.75, 3.05) is 7.11 Å². The molecule has 2 aromatic carbocycles. The molecule has 0 bridgehead atoms. The number of hydrazone groups is 1. The van der Waals surface area contributed by atoms with E-state index in [1.54, 1.807) is 37.4 Å². The van der Waals surface area contributed by atoms with Gasteiger partial charge in [-0.2, -0.15) is 5.10 Å². The molecule has 0 radical (unpaired) electrons. The molecule has 0 fully saturated rings. The third-order valence-electron chi connectivity index (χ3n) is 3.71. The SMILES string of the molecule is COc1cc(/C=N/NC(=O)c2cccs2)ccc1OCc1ccc(Cl)cc1Cl. The summed E-state index contributed by atoms with van der Waals surface area (Å²) in [5.74, 6) is 0.852. The predicted molar refractivity (Wildman–Crippen MR) is 113 cm³/mol. The fraction of sp³-hybridized carbons (Fsp3) is 0.100. The van der Waals surface area contributed by atoms with Crippen LogP contribution in [-0.4, -0.2) is 19.2 Å². The van der Waals surface area contributed by atoms with Gasteiger partial charge in [0.05, 0.1) is 18.2 Å². The molecule has 3 aromatic rings. The van der Waals surface area contributed by atoms with Crippen molar-refractivity contribution >= 4 is 46.7 Å². The molecule has 28 heavy (non-hydrogen) atoms. The summed E-state index contributed by atoms with van der Waals surface area (Å²) in [5.41, 5.74) is 4.05. The first-order valence-electron chi connectivity index (χ1n) is 8.18.